The van der Waals surface area contributed by atoms with Gasteiger partial charge in [0.05, 0.1) is 18.7 Å². The lowest BCUT2D eigenvalue weighted by Gasteiger charge is -2.22. The summed E-state index contributed by atoms with van der Waals surface area (Å²) >= 11 is 0. The number of carbonyl (C=O) groups is 1. The van der Waals surface area contributed by atoms with Gasteiger partial charge in [0.1, 0.15) is 11.5 Å². The van der Waals surface area contributed by atoms with Gasteiger partial charge in [0.15, 0.2) is 6.23 Å². The fraction of sp³-hybridized carbons (Fsp3) is 0.235. The maximum absolute atomic E-state index is 12.0. The van der Waals surface area contributed by atoms with Crippen molar-refractivity contribution in [3.63, 3.8) is 0 Å². The van der Waals surface area contributed by atoms with Crippen molar-refractivity contribution >= 4 is 11.6 Å². The molecule has 0 N–H and O–H groups in total. The fourth-order valence-electron chi connectivity index (χ4n) is 3.33. The van der Waals surface area contributed by atoms with Crippen LogP contribution in [0.1, 0.15) is 24.0 Å². The highest BCUT2D eigenvalue weighted by Crippen LogP contribution is 2.52. The molecule has 0 saturated heterocycles. The summed E-state index contributed by atoms with van der Waals surface area (Å²) in [5.74, 6) is 1.67. The van der Waals surface area contributed by atoms with Gasteiger partial charge in [-0.25, -0.2) is 0 Å². The first-order valence-corrected chi connectivity index (χ1v) is 6.94. The average molecular weight is 281 g/mol. The van der Waals surface area contributed by atoms with Crippen LogP contribution in [0, 0.1) is 0 Å². The van der Waals surface area contributed by atoms with Crippen LogP contribution in [-0.2, 0) is 4.79 Å². The lowest BCUT2D eigenvalue weighted by atomic mass is 9.93. The minimum absolute atomic E-state index is 0.00489. The van der Waals surface area contributed by atoms with Crippen molar-refractivity contribution in [2.24, 2.45) is 0 Å². The van der Waals surface area contributed by atoms with E-state index < -0.39 is 0 Å². The SMILES string of the molecule is COc1ccc2c(c1)[C@H]1c3ccccc3N(C(C)=O)[C@H]1O2. The zero-order valence-corrected chi connectivity index (χ0v) is 11.9. The lowest BCUT2D eigenvalue weighted by molar-refractivity contribution is -0.117. The van der Waals surface area contributed by atoms with Crippen LogP contribution in [0.3, 0.4) is 0 Å². The van der Waals surface area contributed by atoms with Crippen LogP contribution in [0.2, 0.25) is 0 Å². The van der Waals surface area contributed by atoms with Gasteiger partial charge in [-0.05, 0) is 29.8 Å². The van der Waals surface area contributed by atoms with Crippen molar-refractivity contribution < 1.29 is 14.3 Å². The molecular formula is C17H15NO3. The number of para-hydroxylation sites is 1. The van der Waals surface area contributed by atoms with E-state index in [1.807, 2.05) is 36.4 Å². The summed E-state index contributed by atoms with van der Waals surface area (Å²) in [5.41, 5.74) is 3.15. The van der Waals surface area contributed by atoms with E-state index in [1.165, 1.54) is 0 Å². The zero-order chi connectivity index (χ0) is 14.6. The predicted molar refractivity (Wildman–Crippen MR) is 78.9 cm³/mol. The molecule has 0 saturated carbocycles. The molecule has 1 amide bonds. The molecule has 0 aliphatic carbocycles. The second kappa shape index (κ2) is 4.25. The Balaban J connectivity index is 1.91. The van der Waals surface area contributed by atoms with E-state index in [4.69, 9.17) is 9.47 Å². The third kappa shape index (κ3) is 1.59. The van der Waals surface area contributed by atoms with Crippen molar-refractivity contribution in [2.75, 3.05) is 12.0 Å². The lowest BCUT2D eigenvalue weighted by Crippen LogP contribution is -2.39. The highest BCUT2D eigenvalue weighted by Gasteiger charge is 2.48. The summed E-state index contributed by atoms with van der Waals surface area (Å²) in [6.45, 7) is 1.58. The number of benzene rings is 2. The molecule has 2 aliphatic rings. The Kier molecular flexibility index (Phi) is 2.48. The minimum atomic E-state index is -0.290. The van der Waals surface area contributed by atoms with Gasteiger partial charge in [0.2, 0.25) is 5.91 Å². The van der Waals surface area contributed by atoms with Gasteiger partial charge in [0, 0.05) is 12.5 Å². The Bertz CT molecular complexity index is 741. The third-order valence-electron chi connectivity index (χ3n) is 4.21. The van der Waals surface area contributed by atoms with Crippen LogP contribution in [0.5, 0.6) is 11.5 Å². The molecule has 0 fully saturated rings. The summed E-state index contributed by atoms with van der Waals surface area (Å²) in [5, 5.41) is 0. The molecule has 4 rings (SSSR count). The summed E-state index contributed by atoms with van der Waals surface area (Å²) in [6.07, 6.45) is -0.290. The van der Waals surface area contributed by atoms with Crippen LogP contribution in [0.25, 0.3) is 0 Å². The van der Waals surface area contributed by atoms with Gasteiger partial charge in [-0.15, -0.1) is 0 Å². The van der Waals surface area contributed by atoms with Crippen molar-refractivity contribution in [3.05, 3.63) is 53.6 Å². The predicted octanol–water partition coefficient (Wildman–Crippen LogP) is 2.91. The first-order chi connectivity index (χ1) is 10.2. The molecule has 4 heteroatoms. The average Bonchev–Trinajstić information content (AvgIpc) is 3.00. The maximum atomic E-state index is 12.0. The Morgan fingerprint density at radius 2 is 2.00 bits per heavy atom. The number of anilines is 1. The standard InChI is InChI=1S/C17H15NO3/c1-10(19)18-14-6-4-3-5-12(14)16-13-9-11(20-2)7-8-15(13)21-17(16)18/h3-9,16-17H,1-2H3/t16-,17+/m1/s1. The minimum Gasteiger partial charge on any atom is -0.497 e. The van der Waals surface area contributed by atoms with E-state index in [1.54, 1.807) is 18.9 Å². The largest absolute Gasteiger partial charge is 0.497 e. The zero-order valence-electron chi connectivity index (χ0n) is 11.9. The molecule has 0 unspecified atom stereocenters. The van der Waals surface area contributed by atoms with Crippen molar-refractivity contribution in [2.45, 2.75) is 19.1 Å². The van der Waals surface area contributed by atoms with Gasteiger partial charge in [-0.1, -0.05) is 18.2 Å². The molecule has 2 aromatic carbocycles. The van der Waals surface area contributed by atoms with E-state index in [0.717, 1.165) is 28.3 Å². The molecule has 2 aliphatic heterocycles. The number of carbonyl (C=O) groups excluding carboxylic acids is 1. The highest BCUT2D eigenvalue weighted by molar-refractivity contribution is 5.95. The number of amides is 1. The van der Waals surface area contributed by atoms with Gasteiger partial charge >= 0.3 is 0 Å². The highest BCUT2D eigenvalue weighted by atomic mass is 16.5. The molecule has 2 aromatic rings. The van der Waals surface area contributed by atoms with Gasteiger partial charge in [-0.3, -0.25) is 9.69 Å². The summed E-state index contributed by atoms with van der Waals surface area (Å²) in [4.78, 5) is 13.8. The van der Waals surface area contributed by atoms with E-state index in [2.05, 4.69) is 6.07 Å². The van der Waals surface area contributed by atoms with Gasteiger partial charge in [-0.2, -0.15) is 0 Å². The Morgan fingerprint density at radius 1 is 1.19 bits per heavy atom. The Morgan fingerprint density at radius 3 is 2.76 bits per heavy atom. The number of hydrogen-bond donors (Lipinski definition) is 0. The first-order valence-electron chi connectivity index (χ1n) is 6.94. The van der Waals surface area contributed by atoms with Crippen molar-refractivity contribution in [1.82, 2.24) is 0 Å². The molecule has 21 heavy (non-hydrogen) atoms. The fourth-order valence-corrected chi connectivity index (χ4v) is 3.33. The summed E-state index contributed by atoms with van der Waals surface area (Å²) in [7, 11) is 1.65. The van der Waals surface area contributed by atoms with E-state index in [9.17, 15) is 4.79 Å². The summed E-state index contributed by atoms with van der Waals surface area (Å²) < 4.78 is 11.4. The molecule has 0 aromatic heterocycles. The smallest absolute Gasteiger partial charge is 0.226 e. The second-order valence-electron chi connectivity index (χ2n) is 5.34. The molecule has 2 heterocycles. The molecule has 0 bridgehead atoms. The van der Waals surface area contributed by atoms with Crippen LogP contribution < -0.4 is 14.4 Å². The normalized spacial score (nSPS) is 21.3. The van der Waals surface area contributed by atoms with E-state index >= 15 is 0 Å². The number of nitrogens with zero attached hydrogens (tertiary/aromatic N) is 1. The molecule has 2 atom stereocenters. The monoisotopic (exact) mass is 281 g/mol. The van der Waals surface area contributed by atoms with Crippen LogP contribution in [-0.4, -0.2) is 19.2 Å². The second-order valence-corrected chi connectivity index (χ2v) is 5.34. The Labute approximate surface area is 122 Å². The number of methoxy groups -OCH3 is 1. The topological polar surface area (TPSA) is 38.8 Å². The van der Waals surface area contributed by atoms with Crippen LogP contribution in [0.15, 0.2) is 42.5 Å². The summed E-state index contributed by atoms with van der Waals surface area (Å²) in [6, 6.07) is 13.8. The van der Waals surface area contributed by atoms with Crippen molar-refractivity contribution in [3.8, 4) is 11.5 Å². The quantitative estimate of drug-likeness (QED) is 0.806. The van der Waals surface area contributed by atoms with Crippen LogP contribution in [0.4, 0.5) is 5.69 Å². The van der Waals surface area contributed by atoms with Crippen molar-refractivity contribution in [1.29, 1.82) is 0 Å². The number of rotatable bonds is 1. The Hall–Kier alpha value is -2.49. The molecule has 0 radical (unpaired) electrons. The first kappa shape index (κ1) is 12.3. The van der Waals surface area contributed by atoms with E-state index in [0.29, 0.717) is 0 Å². The number of ether oxygens (including phenoxy) is 2. The molecule has 0 spiro atoms. The van der Waals surface area contributed by atoms with Gasteiger partial charge < -0.3 is 9.47 Å². The molecule has 106 valence electrons. The van der Waals surface area contributed by atoms with E-state index in [-0.39, 0.29) is 18.1 Å². The number of hydrogen-bond acceptors (Lipinski definition) is 3. The number of fused-ring (bicyclic) bond motifs is 5. The maximum Gasteiger partial charge on any atom is 0.226 e. The molecular weight excluding hydrogens is 266 g/mol. The van der Waals surface area contributed by atoms with Crippen LogP contribution >= 0.6 is 0 Å². The molecule has 4 nitrogen and oxygen atoms in total. The third-order valence-corrected chi connectivity index (χ3v) is 4.21. The van der Waals surface area contributed by atoms with Gasteiger partial charge in [0.25, 0.3) is 0 Å².